The van der Waals surface area contributed by atoms with Crippen LogP contribution in [0.25, 0.3) is 0 Å². The molecule has 0 aliphatic carbocycles. The van der Waals surface area contributed by atoms with Crippen molar-refractivity contribution in [2.75, 3.05) is 19.6 Å². The van der Waals surface area contributed by atoms with E-state index in [2.05, 4.69) is 26.1 Å². The molecule has 3 unspecified atom stereocenters. The van der Waals surface area contributed by atoms with E-state index < -0.39 is 30.1 Å². The Kier molecular flexibility index (Phi) is 10.1. The van der Waals surface area contributed by atoms with Gasteiger partial charge in [0.05, 0.1) is 18.6 Å². The number of carbonyl (C=O) groups excluding carboxylic acids is 1. The Morgan fingerprint density at radius 3 is 1.96 bits per heavy atom. The molecule has 0 saturated carbocycles. The number of nitrogens with zero attached hydrogens (tertiary/aromatic N) is 1. The highest BCUT2D eigenvalue weighted by Crippen LogP contribution is 2.19. The summed E-state index contributed by atoms with van der Waals surface area (Å²) in [5.41, 5.74) is 0.182. The zero-order valence-electron chi connectivity index (χ0n) is 15.6. The van der Waals surface area contributed by atoms with E-state index in [9.17, 15) is 24.9 Å². The van der Waals surface area contributed by atoms with E-state index in [1.807, 2.05) is 0 Å². The maximum absolute atomic E-state index is 12.3. The van der Waals surface area contributed by atoms with Crippen molar-refractivity contribution in [2.45, 2.75) is 72.1 Å². The van der Waals surface area contributed by atoms with E-state index in [0.717, 1.165) is 12.8 Å². The van der Waals surface area contributed by atoms with Gasteiger partial charge in [-0.1, -0.05) is 20.8 Å². The first kappa shape index (κ1) is 22.8. The fourth-order valence-corrected chi connectivity index (χ4v) is 2.36. The molecule has 0 bridgehead atoms. The molecule has 4 N–H and O–H groups in total. The van der Waals surface area contributed by atoms with Crippen LogP contribution in [0.3, 0.4) is 0 Å². The number of carboxylic acids is 1. The molecule has 0 aromatic heterocycles. The highest BCUT2D eigenvalue weighted by molar-refractivity contribution is 5.84. The van der Waals surface area contributed by atoms with E-state index in [4.69, 9.17) is 0 Å². The number of amides is 1. The average molecular weight is 346 g/mol. The minimum Gasteiger partial charge on any atom is -0.480 e. The van der Waals surface area contributed by atoms with Crippen LogP contribution in [0.5, 0.6) is 0 Å². The molecule has 0 saturated heterocycles. The van der Waals surface area contributed by atoms with Gasteiger partial charge >= 0.3 is 5.97 Å². The van der Waals surface area contributed by atoms with Gasteiger partial charge in [-0.2, -0.15) is 0 Å². The molecule has 24 heavy (non-hydrogen) atoms. The molecule has 7 nitrogen and oxygen atoms in total. The third-order valence-corrected chi connectivity index (χ3v) is 3.49. The number of aliphatic hydroxyl groups excluding tert-OH is 2. The Bertz CT molecular complexity index is 381. The van der Waals surface area contributed by atoms with E-state index in [1.54, 1.807) is 13.8 Å². The first-order valence-corrected chi connectivity index (χ1v) is 8.52. The molecule has 0 aromatic carbocycles. The molecule has 0 aliphatic heterocycles. The summed E-state index contributed by atoms with van der Waals surface area (Å²) in [6, 6.07) is -0.969. The Morgan fingerprint density at radius 1 is 1.08 bits per heavy atom. The molecule has 0 rings (SSSR count). The van der Waals surface area contributed by atoms with E-state index >= 15 is 0 Å². The van der Waals surface area contributed by atoms with Crippen LogP contribution < -0.4 is 5.32 Å². The monoisotopic (exact) mass is 346 g/mol. The number of aliphatic hydroxyl groups is 2. The zero-order valence-corrected chi connectivity index (χ0v) is 15.6. The van der Waals surface area contributed by atoms with Gasteiger partial charge in [0.15, 0.2) is 0 Å². The number of hydrogen-bond acceptors (Lipinski definition) is 5. The summed E-state index contributed by atoms with van der Waals surface area (Å²) in [7, 11) is 0. The Labute approximate surface area is 145 Å². The molecule has 0 radical (unpaired) electrons. The number of rotatable bonds is 11. The van der Waals surface area contributed by atoms with Gasteiger partial charge in [-0.15, -0.1) is 0 Å². The van der Waals surface area contributed by atoms with Gasteiger partial charge in [-0.25, -0.2) is 0 Å². The second-order valence-corrected chi connectivity index (χ2v) is 7.71. The lowest BCUT2D eigenvalue weighted by Crippen LogP contribution is -2.46. The van der Waals surface area contributed by atoms with Crippen LogP contribution in [0.2, 0.25) is 0 Å². The van der Waals surface area contributed by atoms with Gasteiger partial charge in [0.1, 0.15) is 6.04 Å². The summed E-state index contributed by atoms with van der Waals surface area (Å²) in [5, 5.41) is 31.1. The van der Waals surface area contributed by atoms with Crippen LogP contribution in [0.4, 0.5) is 0 Å². The molecule has 1 amide bonds. The molecule has 7 heteroatoms. The van der Waals surface area contributed by atoms with Crippen molar-refractivity contribution in [1.29, 1.82) is 0 Å². The second kappa shape index (κ2) is 10.6. The second-order valence-electron chi connectivity index (χ2n) is 7.71. The van der Waals surface area contributed by atoms with E-state index in [0.29, 0.717) is 6.54 Å². The topological polar surface area (TPSA) is 110 Å². The quantitative estimate of drug-likeness (QED) is 0.413. The molecule has 142 valence electrons. The Morgan fingerprint density at radius 2 is 1.58 bits per heavy atom. The first-order chi connectivity index (χ1) is 10.9. The summed E-state index contributed by atoms with van der Waals surface area (Å²) in [4.78, 5) is 25.0. The van der Waals surface area contributed by atoms with Gasteiger partial charge in [-0.3, -0.25) is 9.59 Å². The summed E-state index contributed by atoms with van der Waals surface area (Å²) < 4.78 is 0. The maximum Gasteiger partial charge on any atom is 0.321 e. The van der Waals surface area contributed by atoms with Crippen molar-refractivity contribution in [1.82, 2.24) is 10.2 Å². The summed E-state index contributed by atoms with van der Waals surface area (Å²) in [5.74, 6) is -1.47. The van der Waals surface area contributed by atoms with Gasteiger partial charge in [-0.05, 0) is 38.6 Å². The molecule has 0 aliphatic rings. The van der Waals surface area contributed by atoms with Crippen molar-refractivity contribution in [3.63, 3.8) is 0 Å². The minimum atomic E-state index is -1.08. The van der Waals surface area contributed by atoms with Crippen molar-refractivity contribution in [2.24, 2.45) is 5.41 Å². The van der Waals surface area contributed by atoms with E-state index in [-0.39, 0.29) is 24.9 Å². The summed E-state index contributed by atoms with van der Waals surface area (Å²) in [6.45, 7) is 10.1. The summed E-state index contributed by atoms with van der Waals surface area (Å²) >= 11 is 0. The Balaban J connectivity index is 4.60. The smallest absolute Gasteiger partial charge is 0.321 e. The van der Waals surface area contributed by atoms with Crippen LogP contribution in [0, 0.1) is 5.41 Å². The van der Waals surface area contributed by atoms with Gasteiger partial charge < -0.3 is 25.5 Å². The highest BCUT2D eigenvalue weighted by atomic mass is 16.4. The number of carboxylic acid groups (broad SMARTS) is 1. The minimum absolute atomic E-state index is 0.0695. The van der Waals surface area contributed by atoms with Crippen molar-refractivity contribution >= 4 is 11.9 Å². The van der Waals surface area contributed by atoms with E-state index in [1.165, 1.54) is 4.90 Å². The third kappa shape index (κ3) is 11.4. The molecule has 0 heterocycles. The van der Waals surface area contributed by atoms with Crippen molar-refractivity contribution < 1.29 is 24.9 Å². The van der Waals surface area contributed by atoms with Crippen molar-refractivity contribution in [3.8, 4) is 0 Å². The lowest BCUT2D eigenvalue weighted by Gasteiger charge is -2.27. The molecule has 0 spiro atoms. The standard InChI is InChI=1S/C17H34N2O5/c1-12(20)10-19(11-13(2)21)15(22)9-14(16(23)24)18-8-6-7-17(3,4)5/h12-14,18,20-21H,6-11H2,1-5H3,(H,23,24). The maximum atomic E-state index is 12.3. The fraction of sp³-hybridized carbons (Fsp3) is 0.882. The number of hydrogen-bond donors (Lipinski definition) is 4. The molecule has 0 fully saturated rings. The molecular weight excluding hydrogens is 312 g/mol. The SMILES string of the molecule is CC(O)CN(CC(C)O)C(=O)CC(NCCCC(C)(C)C)C(=O)O. The number of aliphatic carboxylic acids is 1. The van der Waals surface area contributed by atoms with Gasteiger partial charge in [0.25, 0.3) is 0 Å². The third-order valence-electron chi connectivity index (χ3n) is 3.49. The van der Waals surface area contributed by atoms with Crippen molar-refractivity contribution in [3.05, 3.63) is 0 Å². The number of carbonyl (C=O) groups is 2. The zero-order chi connectivity index (χ0) is 18.9. The van der Waals surface area contributed by atoms with Crippen LogP contribution >= 0.6 is 0 Å². The highest BCUT2D eigenvalue weighted by Gasteiger charge is 2.25. The lowest BCUT2D eigenvalue weighted by atomic mass is 9.90. The molecule has 0 aromatic rings. The van der Waals surface area contributed by atoms with Gasteiger partial charge in [0, 0.05) is 13.1 Å². The van der Waals surface area contributed by atoms with Crippen LogP contribution in [-0.4, -0.2) is 70.0 Å². The Hall–Kier alpha value is -1.18. The van der Waals surface area contributed by atoms with Crippen LogP contribution in [0.1, 0.15) is 53.9 Å². The van der Waals surface area contributed by atoms with Crippen LogP contribution in [-0.2, 0) is 9.59 Å². The number of nitrogens with one attached hydrogen (secondary N) is 1. The normalized spacial score (nSPS) is 15.6. The average Bonchev–Trinajstić information content (AvgIpc) is 2.38. The predicted octanol–water partition coefficient (Wildman–Crippen LogP) is 0.836. The predicted molar refractivity (Wildman–Crippen MR) is 92.7 cm³/mol. The largest absolute Gasteiger partial charge is 0.480 e. The molecule has 3 atom stereocenters. The van der Waals surface area contributed by atoms with Crippen LogP contribution in [0.15, 0.2) is 0 Å². The molecular formula is C17H34N2O5. The first-order valence-electron chi connectivity index (χ1n) is 8.52. The summed E-state index contributed by atoms with van der Waals surface area (Å²) in [6.07, 6.45) is 0.0965. The lowest BCUT2D eigenvalue weighted by molar-refractivity contribution is -0.144. The fourth-order valence-electron chi connectivity index (χ4n) is 2.36. The van der Waals surface area contributed by atoms with Gasteiger partial charge in [0.2, 0.25) is 5.91 Å².